The van der Waals surface area contributed by atoms with Crippen molar-refractivity contribution in [3.8, 4) is 0 Å². The molecule has 3 aromatic heterocycles. The SMILES string of the molecule is c1cn2cnnc2c(NCCc2ncon2)n1. The zero-order valence-corrected chi connectivity index (χ0v) is 8.82. The molecule has 0 aromatic carbocycles. The van der Waals surface area contributed by atoms with Gasteiger partial charge in [0.05, 0.1) is 0 Å². The molecule has 0 radical (unpaired) electrons. The Morgan fingerprint density at radius 3 is 3.24 bits per heavy atom. The van der Waals surface area contributed by atoms with Gasteiger partial charge in [0.2, 0.25) is 12.0 Å². The maximum atomic E-state index is 4.64. The summed E-state index contributed by atoms with van der Waals surface area (Å²) in [5.74, 6) is 1.35. The monoisotopic (exact) mass is 231 g/mol. The van der Waals surface area contributed by atoms with Gasteiger partial charge in [0, 0.05) is 25.4 Å². The molecule has 0 spiro atoms. The van der Waals surface area contributed by atoms with Crippen molar-refractivity contribution >= 4 is 11.5 Å². The molecule has 0 atom stereocenters. The van der Waals surface area contributed by atoms with Crippen LogP contribution in [0.2, 0.25) is 0 Å². The molecular weight excluding hydrogens is 222 g/mol. The molecule has 8 heteroatoms. The van der Waals surface area contributed by atoms with Crippen LogP contribution in [-0.2, 0) is 6.42 Å². The average Bonchev–Trinajstić information content (AvgIpc) is 2.99. The third-order valence-corrected chi connectivity index (χ3v) is 2.26. The van der Waals surface area contributed by atoms with Crippen LogP contribution >= 0.6 is 0 Å². The number of nitrogens with one attached hydrogen (secondary N) is 1. The predicted molar refractivity (Wildman–Crippen MR) is 57.3 cm³/mol. The van der Waals surface area contributed by atoms with E-state index in [-0.39, 0.29) is 0 Å². The molecule has 86 valence electrons. The van der Waals surface area contributed by atoms with Gasteiger partial charge in [0.1, 0.15) is 6.33 Å². The molecule has 0 unspecified atom stereocenters. The maximum Gasteiger partial charge on any atom is 0.213 e. The summed E-state index contributed by atoms with van der Waals surface area (Å²) in [6.45, 7) is 0.652. The molecule has 0 aliphatic heterocycles. The fraction of sp³-hybridized carbons (Fsp3) is 0.222. The van der Waals surface area contributed by atoms with Gasteiger partial charge in [-0.3, -0.25) is 4.40 Å². The summed E-state index contributed by atoms with van der Waals surface area (Å²) in [7, 11) is 0. The summed E-state index contributed by atoms with van der Waals surface area (Å²) in [6, 6.07) is 0. The first-order chi connectivity index (χ1) is 8.43. The van der Waals surface area contributed by atoms with Crippen molar-refractivity contribution in [3.63, 3.8) is 0 Å². The molecule has 0 bridgehead atoms. The topological polar surface area (TPSA) is 94.0 Å². The Hall–Kier alpha value is -2.51. The van der Waals surface area contributed by atoms with Gasteiger partial charge in [0.25, 0.3) is 0 Å². The van der Waals surface area contributed by atoms with Crippen LogP contribution in [0.15, 0.2) is 29.6 Å². The molecule has 3 rings (SSSR count). The van der Waals surface area contributed by atoms with Crippen molar-refractivity contribution in [2.45, 2.75) is 6.42 Å². The van der Waals surface area contributed by atoms with E-state index in [1.54, 1.807) is 23.1 Å². The smallest absolute Gasteiger partial charge is 0.213 e. The van der Waals surface area contributed by atoms with E-state index in [2.05, 4.69) is 35.2 Å². The van der Waals surface area contributed by atoms with E-state index in [0.29, 0.717) is 30.3 Å². The highest BCUT2D eigenvalue weighted by atomic mass is 16.5. The molecule has 0 aliphatic carbocycles. The first-order valence-electron chi connectivity index (χ1n) is 5.07. The summed E-state index contributed by atoms with van der Waals surface area (Å²) < 4.78 is 6.44. The molecule has 3 aromatic rings. The lowest BCUT2D eigenvalue weighted by Gasteiger charge is -2.03. The summed E-state index contributed by atoms with van der Waals surface area (Å²) in [6.07, 6.45) is 7.08. The van der Waals surface area contributed by atoms with Gasteiger partial charge in [-0.1, -0.05) is 5.16 Å². The second kappa shape index (κ2) is 4.16. The van der Waals surface area contributed by atoms with Crippen LogP contribution in [-0.4, -0.2) is 36.3 Å². The molecule has 0 amide bonds. The minimum Gasteiger partial charge on any atom is -0.366 e. The van der Waals surface area contributed by atoms with E-state index >= 15 is 0 Å². The zero-order valence-electron chi connectivity index (χ0n) is 8.82. The Balaban J connectivity index is 1.70. The minimum atomic E-state index is 0.652. The first kappa shape index (κ1) is 9.70. The van der Waals surface area contributed by atoms with Gasteiger partial charge in [-0.2, -0.15) is 4.98 Å². The van der Waals surface area contributed by atoms with Crippen LogP contribution in [0.25, 0.3) is 5.65 Å². The van der Waals surface area contributed by atoms with E-state index in [0.717, 1.165) is 0 Å². The molecule has 0 fully saturated rings. The molecule has 17 heavy (non-hydrogen) atoms. The van der Waals surface area contributed by atoms with Crippen LogP contribution < -0.4 is 5.32 Å². The number of aromatic nitrogens is 6. The Morgan fingerprint density at radius 2 is 2.35 bits per heavy atom. The van der Waals surface area contributed by atoms with E-state index in [1.165, 1.54) is 6.39 Å². The second-order valence-corrected chi connectivity index (χ2v) is 3.36. The summed E-state index contributed by atoms with van der Waals surface area (Å²) in [5, 5.41) is 14.7. The Kier molecular flexibility index (Phi) is 2.37. The number of fused-ring (bicyclic) bond motifs is 1. The van der Waals surface area contributed by atoms with Crippen LogP contribution in [0.4, 0.5) is 5.82 Å². The quantitative estimate of drug-likeness (QED) is 0.683. The largest absolute Gasteiger partial charge is 0.366 e. The number of rotatable bonds is 4. The molecule has 3 heterocycles. The lowest BCUT2D eigenvalue weighted by molar-refractivity contribution is 0.410. The van der Waals surface area contributed by atoms with Gasteiger partial charge in [0.15, 0.2) is 11.6 Å². The summed E-state index contributed by atoms with van der Waals surface area (Å²) in [5.41, 5.74) is 0.695. The van der Waals surface area contributed by atoms with Crippen molar-refractivity contribution in [3.05, 3.63) is 30.9 Å². The van der Waals surface area contributed by atoms with E-state index in [1.807, 2.05) is 0 Å². The third kappa shape index (κ3) is 1.92. The summed E-state index contributed by atoms with van der Waals surface area (Å²) in [4.78, 5) is 8.13. The van der Waals surface area contributed by atoms with Gasteiger partial charge in [-0.05, 0) is 0 Å². The van der Waals surface area contributed by atoms with Crippen molar-refractivity contribution in [1.29, 1.82) is 0 Å². The number of anilines is 1. The number of hydrogen-bond donors (Lipinski definition) is 1. The predicted octanol–water partition coefficient (Wildman–Crippen LogP) is 0.162. The lowest BCUT2D eigenvalue weighted by Crippen LogP contribution is -2.08. The molecule has 0 saturated heterocycles. The molecule has 1 N–H and O–H groups in total. The van der Waals surface area contributed by atoms with E-state index in [9.17, 15) is 0 Å². The fourth-order valence-corrected chi connectivity index (χ4v) is 1.48. The highest BCUT2D eigenvalue weighted by molar-refractivity contribution is 5.61. The van der Waals surface area contributed by atoms with Crippen LogP contribution in [0.5, 0.6) is 0 Å². The highest BCUT2D eigenvalue weighted by Gasteiger charge is 2.04. The number of nitrogens with zero attached hydrogens (tertiary/aromatic N) is 6. The van der Waals surface area contributed by atoms with Gasteiger partial charge in [-0.25, -0.2) is 4.98 Å². The average molecular weight is 231 g/mol. The lowest BCUT2D eigenvalue weighted by atomic mass is 10.4. The molecule has 0 saturated carbocycles. The first-order valence-corrected chi connectivity index (χ1v) is 5.07. The molecule has 0 aliphatic rings. The van der Waals surface area contributed by atoms with Crippen LogP contribution in [0.1, 0.15) is 5.82 Å². The second-order valence-electron chi connectivity index (χ2n) is 3.36. The Labute approximate surface area is 95.7 Å². The Bertz CT molecular complexity index is 603. The molecular formula is C9H9N7O. The molecule has 8 nitrogen and oxygen atoms in total. The normalized spacial score (nSPS) is 10.8. The van der Waals surface area contributed by atoms with Crippen molar-refractivity contribution in [1.82, 2.24) is 29.7 Å². The van der Waals surface area contributed by atoms with Crippen molar-refractivity contribution in [2.75, 3.05) is 11.9 Å². The van der Waals surface area contributed by atoms with Gasteiger partial charge in [-0.15, -0.1) is 10.2 Å². The van der Waals surface area contributed by atoms with Crippen molar-refractivity contribution in [2.24, 2.45) is 0 Å². The fourth-order valence-electron chi connectivity index (χ4n) is 1.48. The van der Waals surface area contributed by atoms with Crippen molar-refractivity contribution < 1.29 is 4.52 Å². The Morgan fingerprint density at radius 1 is 1.35 bits per heavy atom. The zero-order chi connectivity index (χ0) is 11.5. The third-order valence-electron chi connectivity index (χ3n) is 2.26. The van der Waals surface area contributed by atoms with Crippen LogP contribution in [0.3, 0.4) is 0 Å². The maximum absolute atomic E-state index is 4.64. The standard InChI is InChI=1S/C9H9N7O/c1(7-12-6-17-15-7)2-10-8-9-14-13-5-16(9)4-3-11-8/h3-6H,1-2H2,(H,10,11). The van der Waals surface area contributed by atoms with E-state index in [4.69, 9.17) is 0 Å². The number of hydrogen-bond acceptors (Lipinski definition) is 7. The van der Waals surface area contributed by atoms with Gasteiger partial charge < -0.3 is 9.84 Å². The van der Waals surface area contributed by atoms with Gasteiger partial charge >= 0.3 is 0 Å². The minimum absolute atomic E-state index is 0.652. The van der Waals surface area contributed by atoms with Crippen LogP contribution in [0, 0.1) is 0 Å². The highest BCUT2D eigenvalue weighted by Crippen LogP contribution is 2.09. The van der Waals surface area contributed by atoms with E-state index < -0.39 is 0 Å². The summed E-state index contributed by atoms with van der Waals surface area (Å²) >= 11 is 0.